The zero-order chi connectivity index (χ0) is 25.3. The number of pyridine rings is 2. The van der Waals surface area contributed by atoms with E-state index in [-0.39, 0.29) is 58.0 Å². The van der Waals surface area contributed by atoms with Crippen molar-refractivity contribution in [1.29, 1.82) is 0 Å². The number of carbonyl (C=O) groups is 1. The van der Waals surface area contributed by atoms with Crippen molar-refractivity contribution in [2.24, 2.45) is 0 Å². The van der Waals surface area contributed by atoms with E-state index in [4.69, 9.17) is 4.74 Å². The zero-order valence-corrected chi connectivity index (χ0v) is 20.8. The fourth-order valence-corrected chi connectivity index (χ4v) is 3.80. The van der Waals surface area contributed by atoms with Crippen LogP contribution in [0.25, 0.3) is 11.1 Å². The molecule has 3 aromatic rings. The van der Waals surface area contributed by atoms with E-state index >= 15 is 0 Å². The normalized spacial score (nSPS) is 13.5. The summed E-state index contributed by atoms with van der Waals surface area (Å²) < 4.78 is 86.5. The number of rotatable bonds is 6. The average Bonchev–Trinajstić information content (AvgIpc) is 3.30. The second kappa shape index (κ2) is 11.0. The van der Waals surface area contributed by atoms with Gasteiger partial charge in [-0.15, -0.1) is 0 Å². The second-order valence-corrected chi connectivity index (χ2v) is 7.73. The molecule has 0 atom stereocenters. The summed E-state index contributed by atoms with van der Waals surface area (Å²) >= 11 is 0. The van der Waals surface area contributed by atoms with Gasteiger partial charge in [-0.3, -0.25) is 0 Å². The number of hydrogen-bond acceptors (Lipinski definition) is 5. The van der Waals surface area contributed by atoms with Gasteiger partial charge >= 0.3 is 35.7 Å². The molecule has 36 heavy (non-hydrogen) atoms. The molecule has 1 aromatic carbocycles. The summed E-state index contributed by atoms with van der Waals surface area (Å²) in [4.78, 5) is 19.0. The van der Waals surface area contributed by atoms with Gasteiger partial charge in [0.25, 0.3) is 0 Å². The van der Waals surface area contributed by atoms with Crippen molar-refractivity contribution in [3.8, 4) is 5.88 Å². The maximum atomic E-state index is 14.0. The minimum Gasteiger partial charge on any atom is -0.543 e. The molecule has 0 radical (unpaired) electrons. The van der Waals surface area contributed by atoms with Crippen LogP contribution < -0.4 is 39.4 Å². The van der Waals surface area contributed by atoms with Gasteiger partial charge in [0.05, 0.1) is 22.9 Å². The minimum absolute atomic E-state index is 0. The molecule has 0 saturated carbocycles. The van der Waals surface area contributed by atoms with Gasteiger partial charge in [0.2, 0.25) is 5.88 Å². The Morgan fingerprint density at radius 1 is 1.00 bits per heavy atom. The van der Waals surface area contributed by atoms with E-state index in [2.05, 4.69) is 9.97 Å². The number of benzene rings is 1. The number of aromatic carboxylic acids is 1. The molecule has 0 unspecified atom stereocenters. The predicted octanol–water partition coefficient (Wildman–Crippen LogP) is 1.95. The van der Waals surface area contributed by atoms with E-state index in [1.54, 1.807) is 0 Å². The Morgan fingerprint density at radius 3 is 2.39 bits per heavy atom. The summed E-state index contributed by atoms with van der Waals surface area (Å²) in [5, 5.41) is 11.2. The Bertz CT molecular complexity index is 1340. The van der Waals surface area contributed by atoms with E-state index in [9.17, 15) is 36.2 Å². The number of carboxylic acid groups (broad SMARTS) is 1. The van der Waals surface area contributed by atoms with Crippen molar-refractivity contribution in [2.45, 2.75) is 32.0 Å². The van der Waals surface area contributed by atoms with Crippen LogP contribution in [0.4, 0.5) is 26.3 Å². The Hall–Kier alpha value is -2.89. The molecule has 0 amide bonds. The van der Waals surface area contributed by atoms with Crippen LogP contribution in [-0.4, -0.2) is 15.9 Å². The largest absolute Gasteiger partial charge is 1.00 e. The van der Waals surface area contributed by atoms with Gasteiger partial charge in [-0.05, 0) is 54.7 Å². The van der Waals surface area contributed by atoms with Gasteiger partial charge in [0, 0.05) is 23.4 Å². The Labute approximate surface area is 223 Å². The molecule has 0 fully saturated rings. The van der Waals surface area contributed by atoms with Crippen LogP contribution in [0.2, 0.25) is 0 Å². The van der Waals surface area contributed by atoms with Gasteiger partial charge in [-0.2, -0.15) is 13.2 Å². The van der Waals surface area contributed by atoms with Crippen molar-refractivity contribution in [3.05, 3.63) is 88.1 Å². The molecule has 12 heteroatoms. The van der Waals surface area contributed by atoms with Crippen molar-refractivity contribution in [1.82, 2.24) is 9.97 Å². The number of aromatic nitrogens is 2. The van der Waals surface area contributed by atoms with Crippen molar-refractivity contribution in [2.75, 3.05) is 0 Å². The monoisotopic (exact) mass is 516 g/mol. The summed E-state index contributed by atoms with van der Waals surface area (Å²) in [6, 6.07) is 5.93. The number of alkyl halides is 3. The van der Waals surface area contributed by atoms with Gasteiger partial charge < -0.3 is 14.6 Å². The molecule has 182 valence electrons. The van der Waals surface area contributed by atoms with Gasteiger partial charge in [-0.1, -0.05) is 6.07 Å². The van der Waals surface area contributed by atoms with Crippen LogP contribution >= 0.6 is 0 Å². The Morgan fingerprint density at radius 2 is 1.69 bits per heavy atom. The number of carboxylic acids is 1. The molecule has 0 bridgehead atoms. The maximum Gasteiger partial charge on any atom is 1.00 e. The third-order valence-electron chi connectivity index (χ3n) is 5.44. The number of ether oxygens (including phenoxy) is 1. The SMILES string of the molecule is O=C([O-])c1cccc(C2=C(c3cc(C(F)(F)F)cnc3OCc3cc(F)c(F)cc3F)CCC2)n1.[Na+]. The summed E-state index contributed by atoms with van der Waals surface area (Å²) in [7, 11) is 0. The molecule has 4 rings (SSSR count). The first kappa shape index (κ1) is 27.7. The quantitative estimate of drug-likeness (QED) is 0.285. The molecule has 2 aromatic heterocycles. The fourth-order valence-electron chi connectivity index (χ4n) is 3.80. The molecule has 0 N–H and O–H groups in total. The Kier molecular flexibility index (Phi) is 8.48. The first-order chi connectivity index (χ1) is 16.5. The number of halogens is 6. The standard InChI is InChI=1S/C24H16F6N2O3.Na/c25-17-9-19(27)18(26)7-12(17)11-35-22-16(8-13(10-31-22)24(28,29)30)14-3-1-4-15(14)20-5-2-6-21(32-20)23(33)34;/h2,5-10H,1,3-4,11H2,(H,33,34);/q;+1/p-1. The molecular formula is C24H15F6N2NaO3. The van der Waals surface area contributed by atoms with Crippen LogP contribution in [0.15, 0.2) is 42.6 Å². The van der Waals surface area contributed by atoms with E-state index in [0.717, 1.165) is 6.07 Å². The first-order valence-corrected chi connectivity index (χ1v) is 10.3. The number of hydrogen-bond donors (Lipinski definition) is 0. The first-order valence-electron chi connectivity index (χ1n) is 10.3. The summed E-state index contributed by atoms with van der Waals surface area (Å²) in [6.45, 7) is -0.630. The third-order valence-corrected chi connectivity index (χ3v) is 5.44. The Balaban J connectivity index is 0.00000361. The van der Waals surface area contributed by atoms with Crippen molar-refractivity contribution in [3.63, 3.8) is 0 Å². The van der Waals surface area contributed by atoms with Crippen molar-refractivity contribution >= 4 is 17.1 Å². The second-order valence-electron chi connectivity index (χ2n) is 7.73. The summed E-state index contributed by atoms with van der Waals surface area (Å²) in [5.74, 6) is -5.60. The van der Waals surface area contributed by atoms with Gasteiger partial charge in [0.1, 0.15) is 12.4 Å². The zero-order valence-electron chi connectivity index (χ0n) is 18.8. The van der Waals surface area contributed by atoms with E-state index in [1.165, 1.54) is 18.2 Å². The predicted molar refractivity (Wildman–Crippen MR) is 109 cm³/mol. The smallest absolute Gasteiger partial charge is 0.543 e. The van der Waals surface area contributed by atoms with E-state index in [0.29, 0.717) is 48.7 Å². The molecular weight excluding hydrogens is 501 g/mol. The molecule has 1 aliphatic rings. The van der Waals surface area contributed by atoms with Crippen LogP contribution in [0.5, 0.6) is 5.88 Å². The summed E-state index contributed by atoms with van der Waals surface area (Å²) in [6.07, 6.45) is -2.93. The molecule has 2 heterocycles. The number of allylic oxidation sites excluding steroid dienone is 2. The average molecular weight is 516 g/mol. The van der Waals surface area contributed by atoms with E-state index in [1.807, 2.05) is 0 Å². The molecule has 1 aliphatic carbocycles. The molecule has 0 aliphatic heterocycles. The maximum absolute atomic E-state index is 14.0. The topological polar surface area (TPSA) is 75.1 Å². The van der Waals surface area contributed by atoms with Gasteiger partial charge in [0.15, 0.2) is 11.6 Å². The van der Waals surface area contributed by atoms with Crippen LogP contribution in [0.3, 0.4) is 0 Å². The van der Waals surface area contributed by atoms with Crippen LogP contribution in [0.1, 0.15) is 52.1 Å². The molecule has 0 spiro atoms. The third kappa shape index (κ3) is 5.91. The molecule has 0 saturated heterocycles. The van der Waals surface area contributed by atoms with Crippen molar-refractivity contribution < 1.29 is 70.5 Å². The van der Waals surface area contributed by atoms with Crippen LogP contribution in [0, 0.1) is 17.5 Å². The summed E-state index contributed by atoms with van der Waals surface area (Å²) in [5.41, 5.74) is -0.668. The molecule has 5 nitrogen and oxygen atoms in total. The minimum atomic E-state index is -4.72. The fraction of sp³-hybridized carbons (Fsp3) is 0.208. The van der Waals surface area contributed by atoms with Crippen LogP contribution in [-0.2, 0) is 12.8 Å². The van der Waals surface area contributed by atoms with E-state index < -0.39 is 41.8 Å². The number of nitrogens with zero attached hydrogens (tertiary/aromatic N) is 2. The number of carbonyl (C=O) groups excluding carboxylic acids is 1. The van der Waals surface area contributed by atoms with Gasteiger partial charge in [-0.25, -0.2) is 23.1 Å².